The number of nitrogens with one attached hydrogen (secondary N) is 1. The summed E-state index contributed by atoms with van der Waals surface area (Å²) in [5, 5.41) is 10.7. The molecule has 0 saturated heterocycles. The summed E-state index contributed by atoms with van der Waals surface area (Å²) in [5.41, 5.74) is 2.72. The Morgan fingerprint density at radius 3 is 2.68 bits per heavy atom. The largest absolute Gasteiger partial charge is 0.508 e. The van der Waals surface area contributed by atoms with Gasteiger partial charge in [-0.15, -0.1) is 0 Å². The number of aromatic hydroxyl groups is 1. The zero-order valence-electron chi connectivity index (χ0n) is 10.5. The summed E-state index contributed by atoms with van der Waals surface area (Å²) in [4.78, 5) is 14.9. The summed E-state index contributed by atoms with van der Waals surface area (Å²) in [6.07, 6.45) is 0. The van der Waals surface area contributed by atoms with E-state index in [0.29, 0.717) is 5.39 Å². The number of rotatable bonds is 1. The first kappa shape index (κ1) is 11.5. The van der Waals surface area contributed by atoms with Gasteiger partial charge < -0.3 is 10.1 Å². The predicted octanol–water partition coefficient (Wildman–Crippen LogP) is 3.21. The van der Waals surface area contributed by atoms with Gasteiger partial charge in [-0.25, -0.2) is 0 Å². The topological polar surface area (TPSA) is 53.1 Å². The molecule has 0 fully saturated rings. The van der Waals surface area contributed by atoms with Crippen LogP contribution in [0.1, 0.15) is 5.56 Å². The van der Waals surface area contributed by atoms with Crippen LogP contribution in [0.5, 0.6) is 5.75 Å². The quantitative estimate of drug-likeness (QED) is 0.697. The Morgan fingerprint density at radius 1 is 1.05 bits per heavy atom. The number of hydrogen-bond acceptors (Lipinski definition) is 2. The van der Waals surface area contributed by atoms with Gasteiger partial charge in [-0.05, 0) is 42.1 Å². The second kappa shape index (κ2) is 4.28. The van der Waals surface area contributed by atoms with E-state index in [2.05, 4.69) is 4.98 Å². The van der Waals surface area contributed by atoms with Crippen molar-refractivity contribution in [2.45, 2.75) is 6.92 Å². The zero-order valence-corrected chi connectivity index (χ0v) is 10.5. The molecule has 94 valence electrons. The lowest BCUT2D eigenvalue weighted by Gasteiger charge is -2.05. The van der Waals surface area contributed by atoms with Crippen LogP contribution in [0.2, 0.25) is 0 Å². The van der Waals surface area contributed by atoms with Gasteiger partial charge in [0.1, 0.15) is 5.75 Å². The van der Waals surface area contributed by atoms with Crippen molar-refractivity contribution in [1.82, 2.24) is 4.98 Å². The molecule has 0 aliphatic carbocycles. The maximum absolute atomic E-state index is 12.0. The van der Waals surface area contributed by atoms with Gasteiger partial charge in [0.25, 0.3) is 5.56 Å². The molecule has 0 bridgehead atoms. The van der Waals surface area contributed by atoms with Gasteiger partial charge in [-0.2, -0.15) is 0 Å². The van der Waals surface area contributed by atoms with E-state index in [1.807, 2.05) is 37.3 Å². The fourth-order valence-corrected chi connectivity index (χ4v) is 2.22. The minimum Gasteiger partial charge on any atom is -0.508 e. The highest BCUT2D eigenvalue weighted by Crippen LogP contribution is 2.22. The van der Waals surface area contributed by atoms with Gasteiger partial charge in [0.2, 0.25) is 0 Å². The lowest BCUT2D eigenvalue weighted by Crippen LogP contribution is -2.07. The maximum Gasteiger partial charge on any atom is 0.256 e. The summed E-state index contributed by atoms with van der Waals surface area (Å²) in [6, 6.07) is 14.7. The number of fused-ring (bicyclic) bond motifs is 1. The Balaban J connectivity index is 2.27. The average Bonchev–Trinajstić information content (AvgIpc) is 2.39. The molecule has 0 aliphatic rings. The van der Waals surface area contributed by atoms with Gasteiger partial charge in [0.15, 0.2) is 0 Å². The molecule has 0 amide bonds. The Bertz CT molecular complexity index is 818. The standard InChI is InChI=1S/C16H13NO2/c1-10-3-2-4-12(7-10)15-8-11-5-6-13(18)9-14(11)16(19)17-15/h2-9,18H,1H3,(H,17,19). The summed E-state index contributed by atoms with van der Waals surface area (Å²) in [7, 11) is 0. The Hall–Kier alpha value is -2.55. The molecule has 0 radical (unpaired) electrons. The molecule has 2 aromatic carbocycles. The molecule has 0 spiro atoms. The molecule has 19 heavy (non-hydrogen) atoms. The van der Waals surface area contributed by atoms with Crippen molar-refractivity contribution in [2.75, 3.05) is 0 Å². The molecule has 1 heterocycles. The first-order valence-electron chi connectivity index (χ1n) is 6.06. The SMILES string of the molecule is Cc1cccc(-c2cc3ccc(O)cc3c(=O)[nH]2)c1. The van der Waals surface area contributed by atoms with Crippen LogP contribution >= 0.6 is 0 Å². The minimum atomic E-state index is -0.190. The number of aromatic amines is 1. The van der Waals surface area contributed by atoms with Crippen LogP contribution in [-0.2, 0) is 0 Å². The summed E-state index contributed by atoms with van der Waals surface area (Å²) in [6.45, 7) is 2.01. The van der Waals surface area contributed by atoms with E-state index in [1.165, 1.54) is 6.07 Å². The van der Waals surface area contributed by atoms with E-state index in [1.54, 1.807) is 12.1 Å². The molecular weight excluding hydrogens is 238 g/mol. The fraction of sp³-hybridized carbons (Fsp3) is 0.0625. The van der Waals surface area contributed by atoms with Gasteiger partial charge in [0.05, 0.1) is 5.39 Å². The minimum absolute atomic E-state index is 0.0984. The second-order valence-corrected chi connectivity index (χ2v) is 4.65. The van der Waals surface area contributed by atoms with E-state index in [0.717, 1.165) is 22.2 Å². The van der Waals surface area contributed by atoms with Crippen molar-refractivity contribution in [2.24, 2.45) is 0 Å². The van der Waals surface area contributed by atoms with Gasteiger partial charge in [-0.3, -0.25) is 4.79 Å². The molecule has 3 rings (SSSR count). The average molecular weight is 251 g/mol. The van der Waals surface area contributed by atoms with Crippen LogP contribution in [0.25, 0.3) is 22.0 Å². The molecule has 0 aliphatic heterocycles. The monoisotopic (exact) mass is 251 g/mol. The fourth-order valence-electron chi connectivity index (χ4n) is 2.22. The smallest absolute Gasteiger partial charge is 0.256 e. The van der Waals surface area contributed by atoms with Crippen molar-refractivity contribution in [3.05, 3.63) is 64.4 Å². The number of hydrogen-bond donors (Lipinski definition) is 2. The third kappa shape index (κ3) is 2.10. The second-order valence-electron chi connectivity index (χ2n) is 4.65. The number of aromatic nitrogens is 1. The predicted molar refractivity (Wildman–Crippen MR) is 76.4 cm³/mol. The van der Waals surface area contributed by atoms with Crippen LogP contribution in [-0.4, -0.2) is 10.1 Å². The van der Waals surface area contributed by atoms with Gasteiger partial charge >= 0.3 is 0 Å². The highest BCUT2D eigenvalue weighted by atomic mass is 16.3. The van der Waals surface area contributed by atoms with Gasteiger partial charge in [0, 0.05) is 5.69 Å². The van der Waals surface area contributed by atoms with Crippen molar-refractivity contribution in [1.29, 1.82) is 0 Å². The first-order valence-corrected chi connectivity index (χ1v) is 6.06. The zero-order chi connectivity index (χ0) is 13.4. The van der Waals surface area contributed by atoms with E-state index in [9.17, 15) is 9.90 Å². The van der Waals surface area contributed by atoms with Crippen molar-refractivity contribution in [3.63, 3.8) is 0 Å². The van der Waals surface area contributed by atoms with Gasteiger partial charge in [-0.1, -0.05) is 29.8 Å². The molecule has 3 nitrogen and oxygen atoms in total. The number of phenolic OH excluding ortho intramolecular Hbond substituents is 1. The van der Waals surface area contributed by atoms with Crippen LogP contribution in [0.4, 0.5) is 0 Å². The summed E-state index contributed by atoms with van der Waals surface area (Å²) < 4.78 is 0. The van der Waals surface area contributed by atoms with E-state index in [4.69, 9.17) is 0 Å². The third-order valence-corrected chi connectivity index (χ3v) is 3.16. The molecule has 3 heteroatoms. The number of pyridine rings is 1. The number of benzene rings is 2. The number of aryl methyl sites for hydroxylation is 1. The third-order valence-electron chi connectivity index (χ3n) is 3.16. The highest BCUT2D eigenvalue weighted by molar-refractivity contribution is 5.86. The first-order chi connectivity index (χ1) is 9.13. The molecule has 0 unspecified atom stereocenters. The Morgan fingerprint density at radius 2 is 1.89 bits per heavy atom. The van der Waals surface area contributed by atoms with E-state index >= 15 is 0 Å². The lowest BCUT2D eigenvalue weighted by molar-refractivity contribution is 0.476. The maximum atomic E-state index is 12.0. The van der Waals surface area contributed by atoms with Crippen LogP contribution in [0.15, 0.2) is 53.3 Å². The van der Waals surface area contributed by atoms with Crippen molar-refractivity contribution < 1.29 is 5.11 Å². The molecule has 0 atom stereocenters. The van der Waals surface area contributed by atoms with Crippen LogP contribution in [0, 0.1) is 6.92 Å². The summed E-state index contributed by atoms with van der Waals surface area (Å²) in [5.74, 6) is 0.0984. The molecule has 1 aromatic heterocycles. The summed E-state index contributed by atoms with van der Waals surface area (Å²) >= 11 is 0. The van der Waals surface area contributed by atoms with Crippen LogP contribution in [0.3, 0.4) is 0 Å². The van der Waals surface area contributed by atoms with Crippen LogP contribution < -0.4 is 5.56 Å². The van der Waals surface area contributed by atoms with Crippen molar-refractivity contribution >= 4 is 10.8 Å². The normalized spacial score (nSPS) is 10.8. The lowest BCUT2D eigenvalue weighted by atomic mass is 10.1. The molecule has 2 N–H and O–H groups in total. The Labute approximate surface area is 110 Å². The molecular formula is C16H13NO2. The number of H-pyrrole nitrogens is 1. The molecule has 0 saturated carbocycles. The highest BCUT2D eigenvalue weighted by Gasteiger charge is 2.05. The van der Waals surface area contributed by atoms with Crippen molar-refractivity contribution in [3.8, 4) is 17.0 Å². The van der Waals surface area contributed by atoms with E-state index in [-0.39, 0.29) is 11.3 Å². The molecule has 3 aromatic rings. The van der Waals surface area contributed by atoms with E-state index < -0.39 is 0 Å². The Kier molecular flexibility index (Phi) is 2.60. The number of phenols is 1.